The summed E-state index contributed by atoms with van der Waals surface area (Å²) in [7, 11) is 1.41. The second-order valence-corrected chi connectivity index (χ2v) is 7.04. The molecule has 4 nitrogen and oxygen atoms in total. The van der Waals surface area contributed by atoms with Gasteiger partial charge in [-0.1, -0.05) is 60.7 Å². The Morgan fingerprint density at radius 2 is 1.73 bits per heavy atom. The maximum atomic E-state index is 12.9. The van der Waals surface area contributed by atoms with Crippen LogP contribution in [-0.4, -0.2) is 37.4 Å². The van der Waals surface area contributed by atoms with E-state index in [9.17, 15) is 9.59 Å². The lowest BCUT2D eigenvalue weighted by Crippen LogP contribution is -2.55. The molecule has 0 aromatic heterocycles. The van der Waals surface area contributed by atoms with Crippen LogP contribution in [0.3, 0.4) is 0 Å². The summed E-state index contributed by atoms with van der Waals surface area (Å²) in [5.74, 6) is -0.626. The topological polar surface area (TPSA) is 46.6 Å². The highest BCUT2D eigenvalue weighted by Gasteiger charge is 2.50. The summed E-state index contributed by atoms with van der Waals surface area (Å²) in [6, 6.07) is 20.1. The van der Waals surface area contributed by atoms with Gasteiger partial charge in [-0.3, -0.25) is 9.69 Å². The zero-order chi connectivity index (χ0) is 18.4. The average molecular weight is 351 g/mol. The average Bonchev–Trinajstić information content (AvgIpc) is 2.69. The Labute approximate surface area is 154 Å². The Morgan fingerprint density at radius 3 is 2.31 bits per heavy atom. The Hall–Kier alpha value is -2.46. The molecule has 0 bridgehead atoms. The molecule has 2 unspecified atom stereocenters. The van der Waals surface area contributed by atoms with E-state index in [-0.39, 0.29) is 11.9 Å². The summed E-state index contributed by atoms with van der Waals surface area (Å²) in [5.41, 5.74) is 1.41. The van der Waals surface area contributed by atoms with E-state index in [1.165, 1.54) is 12.7 Å². The van der Waals surface area contributed by atoms with Crippen LogP contribution in [0.1, 0.15) is 17.5 Å². The number of piperidine rings is 1. The standard InChI is InChI=1S/C22H25NO3/c1-26-21(25)22(14-18-8-4-2-5-9-18)17-23(13-12-20(22)16-24)15-19-10-6-3-7-11-19/h2-11,16,20H,12-15,17H2,1H3. The number of rotatable bonds is 6. The molecule has 2 aromatic rings. The molecule has 1 heterocycles. The first kappa shape index (κ1) is 18.3. The zero-order valence-electron chi connectivity index (χ0n) is 15.1. The summed E-state index contributed by atoms with van der Waals surface area (Å²) >= 11 is 0. The number of hydrogen-bond acceptors (Lipinski definition) is 4. The Balaban J connectivity index is 1.89. The molecule has 1 saturated heterocycles. The van der Waals surface area contributed by atoms with Crippen LogP contribution in [0, 0.1) is 11.3 Å². The highest BCUT2D eigenvalue weighted by molar-refractivity contribution is 5.82. The number of nitrogens with zero attached hydrogens (tertiary/aromatic N) is 1. The lowest BCUT2D eigenvalue weighted by molar-refractivity contribution is -0.163. The molecule has 0 amide bonds. The number of benzene rings is 2. The minimum Gasteiger partial charge on any atom is -0.469 e. The van der Waals surface area contributed by atoms with E-state index in [0.29, 0.717) is 19.4 Å². The smallest absolute Gasteiger partial charge is 0.314 e. The first-order valence-electron chi connectivity index (χ1n) is 9.02. The van der Waals surface area contributed by atoms with Gasteiger partial charge in [0, 0.05) is 19.0 Å². The minimum atomic E-state index is -0.842. The van der Waals surface area contributed by atoms with Gasteiger partial charge in [0.25, 0.3) is 0 Å². The molecule has 2 atom stereocenters. The van der Waals surface area contributed by atoms with Gasteiger partial charge in [0.15, 0.2) is 0 Å². The summed E-state index contributed by atoms with van der Waals surface area (Å²) in [5, 5.41) is 0. The number of carbonyl (C=O) groups excluding carboxylic acids is 2. The fraction of sp³-hybridized carbons (Fsp3) is 0.364. The molecule has 3 rings (SSSR count). The number of esters is 1. The van der Waals surface area contributed by atoms with Crippen LogP contribution in [0.25, 0.3) is 0 Å². The Kier molecular flexibility index (Phi) is 5.84. The normalized spacial score (nSPS) is 23.3. The third kappa shape index (κ3) is 3.86. The van der Waals surface area contributed by atoms with Gasteiger partial charge in [-0.2, -0.15) is 0 Å². The van der Waals surface area contributed by atoms with Crippen LogP contribution in [-0.2, 0) is 27.3 Å². The van der Waals surface area contributed by atoms with Crippen molar-refractivity contribution in [3.8, 4) is 0 Å². The molecule has 0 spiro atoms. The fourth-order valence-electron chi connectivity index (χ4n) is 4.01. The third-order valence-corrected chi connectivity index (χ3v) is 5.34. The van der Waals surface area contributed by atoms with E-state index in [4.69, 9.17) is 4.74 Å². The third-order valence-electron chi connectivity index (χ3n) is 5.34. The molecule has 4 heteroatoms. The van der Waals surface area contributed by atoms with Crippen molar-refractivity contribution in [2.75, 3.05) is 20.2 Å². The fourth-order valence-corrected chi connectivity index (χ4v) is 4.01. The molecule has 136 valence electrons. The van der Waals surface area contributed by atoms with Gasteiger partial charge in [0.1, 0.15) is 6.29 Å². The van der Waals surface area contributed by atoms with Gasteiger partial charge in [-0.05, 0) is 30.5 Å². The van der Waals surface area contributed by atoms with E-state index in [2.05, 4.69) is 17.0 Å². The first-order chi connectivity index (χ1) is 12.7. The Bertz CT molecular complexity index is 732. The lowest BCUT2D eigenvalue weighted by Gasteiger charge is -2.44. The minimum absolute atomic E-state index is 0.295. The van der Waals surface area contributed by atoms with E-state index in [1.54, 1.807) is 0 Å². The van der Waals surface area contributed by atoms with Gasteiger partial charge in [-0.25, -0.2) is 0 Å². The Morgan fingerprint density at radius 1 is 1.12 bits per heavy atom. The predicted molar refractivity (Wildman–Crippen MR) is 100 cm³/mol. The van der Waals surface area contributed by atoms with E-state index < -0.39 is 5.41 Å². The highest BCUT2D eigenvalue weighted by atomic mass is 16.5. The van der Waals surface area contributed by atoms with Gasteiger partial charge < -0.3 is 9.53 Å². The molecule has 0 radical (unpaired) electrons. The number of carbonyl (C=O) groups is 2. The van der Waals surface area contributed by atoms with Crippen molar-refractivity contribution < 1.29 is 14.3 Å². The molecular formula is C22H25NO3. The number of likely N-dealkylation sites (tertiary alicyclic amines) is 1. The van der Waals surface area contributed by atoms with Crippen LogP contribution in [0.5, 0.6) is 0 Å². The van der Waals surface area contributed by atoms with Gasteiger partial charge >= 0.3 is 5.97 Å². The second-order valence-electron chi connectivity index (χ2n) is 7.04. The van der Waals surface area contributed by atoms with E-state index >= 15 is 0 Å². The summed E-state index contributed by atoms with van der Waals surface area (Å²) in [6.45, 7) is 2.08. The largest absolute Gasteiger partial charge is 0.469 e. The molecule has 0 aliphatic carbocycles. The van der Waals surface area contributed by atoms with Crippen molar-refractivity contribution in [3.05, 3.63) is 71.8 Å². The van der Waals surface area contributed by atoms with Crippen molar-refractivity contribution in [2.45, 2.75) is 19.4 Å². The van der Waals surface area contributed by atoms with Crippen LogP contribution in [0.15, 0.2) is 60.7 Å². The number of hydrogen-bond donors (Lipinski definition) is 0. The molecule has 1 aliphatic heterocycles. The first-order valence-corrected chi connectivity index (χ1v) is 9.02. The van der Waals surface area contributed by atoms with Crippen molar-refractivity contribution in [1.82, 2.24) is 4.90 Å². The van der Waals surface area contributed by atoms with Gasteiger partial charge in [0.05, 0.1) is 12.5 Å². The molecule has 26 heavy (non-hydrogen) atoms. The van der Waals surface area contributed by atoms with Crippen LogP contribution < -0.4 is 0 Å². The lowest BCUT2D eigenvalue weighted by atomic mass is 9.67. The number of ether oxygens (including phenoxy) is 1. The number of aldehydes is 1. The van der Waals surface area contributed by atoms with E-state index in [1.807, 2.05) is 48.5 Å². The molecular weight excluding hydrogens is 326 g/mol. The summed E-state index contributed by atoms with van der Waals surface area (Å²) in [6.07, 6.45) is 2.12. The summed E-state index contributed by atoms with van der Waals surface area (Å²) in [4.78, 5) is 26.9. The van der Waals surface area contributed by atoms with Crippen molar-refractivity contribution in [1.29, 1.82) is 0 Å². The molecule has 1 fully saturated rings. The second kappa shape index (κ2) is 8.28. The maximum Gasteiger partial charge on any atom is 0.314 e. The monoisotopic (exact) mass is 351 g/mol. The van der Waals surface area contributed by atoms with Crippen molar-refractivity contribution >= 4 is 12.3 Å². The van der Waals surface area contributed by atoms with Crippen molar-refractivity contribution in [2.24, 2.45) is 11.3 Å². The molecule has 2 aromatic carbocycles. The maximum absolute atomic E-state index is 12.9. The zero-order valence-corrected chi connectivity index (χ0v) is 15.1. The van der Waals surface area contributed by atoms with Crippen molar-refractivity contribution in [3.63, 3.8) is 0 Å². The molecule has 1 aliphatic rings. The molecule has 0 N–H and O–H groups in total. The van der Waals surface area contributed by atoms with E-state index in [0.717, 1.165) is 24.9 Å². The van der Waals surface area contributed by atoms with Gasteiger partial charge in [-0.15, -0.1) is 0 Å². The number of methoxy groups -OCH3 is 1. The van der Waals surface area contributed by atoms with Gasteiger partial charge in [0.2, 0.25) is 0 Å². The quantitative estimate of drug-likeness (QED) is 0.593. The van der Waals surface area contributed by atoms with Crippen LogP contribution >= 0.6 is 0 Å². The van der Waals surface area contributed by atoms with Crippen LogP contribution in [0.4, 0.5) is 0 Å². The molecule has 0 saturated carbocycles. The SMILES string of the molecule is COC(=O)C1(Cc2ccccc2)CN(Cc2ccccc2)CCC1C=O. The highest BCUT2D eigenvalue weighted by Crippen LogP contribution is 2.39. The van der Waals surface area contributed by atoms with Crippen LogP contribution in [0.2, 0.25) is 0 Å². The summed E-state index contributed by atoms with van der Waals surface area (Å²) < 4.78 is 5.17. The predicted octanol–water partition coefficient (Wildman–Crippen LogP) is 3.11.